The third kappa shape index (κ3) is 4.28. The summed E-state index contributed by atoms with van der Waals surface area (Å²) in [7, 11) is 0. The van der Waals surface area contributed by atoms with Crippen LogP contribution < -0.4 is 4.74 Å². The average Bonchev–Trinajstić information content (AvgIpc) is 2.99. The van der Waals surface area contributed by atoms with Crippen molar-refractivity contribution in [1.29, 1.82) is 0 Å². The van der Waals surface area contributed by atoms with Crippen LogP contribution in [0.1, 0.15) is 23.1 Å². The second-order valence-electron chi connectivity index (χ2n) is 6.08. The van der Waals surface area contributed by atoms with E-state index in [4.69, 9.17) is 4.74 Å². The Kier molecular flexibility index (Phi) is 5.18. The highest BCUT2D eigenvalue weighted by atomic mass is 19.4. The minimum Gasteiger partial charge on any atom is -0.491 e. The molecule has 1 aromatic heterocycles. The van der Waals surface area contributed by atoms with Crippen LogP contribution in [-0.2, 0) is 12.7 Å². The molecular formula is C19H17F3N2O3. The number of carbonyl (C=O) groups excluding carboxylic acids is 1. The Balaban J connectivity index is 1.74. The molecule has 0 aliphatic carbocycles. The number of aromatic nitrogens is 2. The SMILES string of the molecule is CC(=O)c1ccc(OC[C@H](O)Cn2c(C(F)(F)F)nc3ccccc32)cc1. The standard InChI is InChI=1S/C19H17F3N2O3/c1-12(25)13-6-8-15(9-7-13)27-11-14(26)10-24-17-5-3-2-4-16(17)23-18(24)19(20,21)22/h2-9,14,26H,10-11H2,1H3/t14-/m1/s1. The van der Waals surface area contributed by atoms with E-state index in [0.29, 0.717) is 11.3 Å². The normalized spacial score (nSPS) is 12.9. The van der Waals surface area contributed by atoms with Gasteiger partial charge >= 0.3 is 6.18 Å². The minimum atomic E-state index is -4.64. The van der Waals surface area contributed by atoms with Gasteiger partial charge in [0.25, 0.3) is 0 Å². The smallest absolute Gasteiger partial charge is 0.449 e. The highest BCUT2D eigenvalue weighted by molar-refractivity contribution is 5.94. The molecule has 0 saturated heterocycles. The molecule has 0 radical (unpaired) electrons. The molecule has 2 aromatic carbocycles. The predicted octanol–water partition coefficient (Wildman–Crippen LogP) is 3.70. The van der Waals surface area contributed by atoms with E-state index in [0.717, 1.165) is 4.57 Å². The Morgan fingerprint density at radius 2 is 1.85 bits per heavy atom. The van der Waals surface area contributed by atoms with Crippen LogP contribution >= 0.6 is 0 Å². The molecule has 0 fully saturated rings. The van der Waals surface area contributed by atoms with Gasteiger partial charge in [0.2, 0.25) is 5.82 Å². The number of aliphatic hydroxyl groups is 1. The van der Waals surface area contributed by atoms with E-state index in [1.807, 2.05) is 0 Å². The molecule has 0 amide bonds. The van der Waals surface area contributed by atoms with E-state index in [-0.39, 0.29) is 30.0 Å². The van der Waals surface area contributed by atoms with E-state index in [1.165, 1.54) is 19.1 Å². The molecule has 8 heteroatoms. The summed E-state index contributed by atoms with van der Waals surface area (Å²) in [6.07, 6.45) is -5.82. The number of carbonyl (C=O) groups is 1. The Bertz CT molecular complexity index is 949. The lowest BCUT2D eigenvalue weighted by molar-refractivity contribution is -0.147. The Labute approximate surface area is 153 Å². The topological polar surface area (TPSA) is 64.3 Å². The van der Waals surface area contributed by atoms with E-state index >= 15 is 0 Å². The van der Waals surface area contributed by atoms with E-state index in [1.54, 1.807) is 36.4 Å². The average molecular weight is 378 g/mol. The summed E-state index contributed by atoms with van der Waals surface area (Å²) in [5, 5.41) is 10.2. The summed E-state index contributed by atoms with van der Waals surface area (Å²) in [5.74, 6) is -0.743. The molecule has 1 N–H and O–H groups in total. The number of hydrogen-bond acceptors (Lipinski definition) is 4. The lowest BCUT2D eigenvalue weighted by Crippen LogP contribution is -2.26. The van der Waals surface area contributed by atoms with Crippen LogP contribution in [0.3, 0.4) is 0 Å². The Hall–Kier alpha value is -2.87. The van der Waals surface area contributed by atoms with Crippen molar-refractivity contribution in [2.24, 2.45) is 0 Å². The van der Waals surface area contributed by atoms with Gasteiger partial charge in [-0.05, 0) is 43.3 Å². The van der Waals surface area contributed by atoms with Gasteiger partial charge in [0.05, 0.1) is 17.6 Å². The third-order valence-corrected chi connectivity index (χ3v) is 4.00. The van der Waals surface area contributed by atoms with Crippen LogP contribution in [0, 0.1) is 0 Å². The Morgan fingerprint density at radius 3 is 2.48 bits per heavy atom. The number of ether oxygens (including phenoxy) is 1. The first-order valence-electron chi connectivity index (χ1n) is 8.20. The zero-order chi connectivity index (χ0) is 19.6. The van der Waals surface area contributed by atoms with Crippen molar-refractivity contribution >= 4 is 16.8 Å². The highest BCUT2D eigenvalue weighted by Crippen LogP contribution is 2.31. The second-order valence-corrected chi connectivity index (χ2v) is 6.08. The molecule has 1 atom stereocenters. The highest BCUT2D eigenvalue weighted by Gasteiger charge is 2.37. The molecule has 3 rings (SSSR count). The number of hydrogen-bond donors (Lipinski definition) is 1. The van der Waals surface area contributed by atoms with Crippen molar-refractivity contribution in [3.63, 3.8) is 0 Å². The summed E-state index contributed by atoms with van der Waals surface area (Å²) in [6.45, 7) is 0.914. The number of para-hydroxylation sites is 2. The number of halogens is 3. The first-order chi connectivity index (χ1) is 12.8. The quantitative estimate of drug-likeness (QED) is 0.665. The molecule has 142 valence electrons. The van der Waals surface area contributed by atoms with Crippen molar-refractivity contribution in [3.05, 3.63) is 59.9 Å². The number of fused-ring (bicyclic) bond motifs is 1. The fourth-order valence-corrected chi connectivity index (χ4v) is 2.72. The molecule has 1 heterocycles. The fraction of sp³-hybridized carbons (Fsp3) is 0.263. The molecule has 0 aliphatic rings. The van der Waals surface area contributed by atoms with Crippen LogP contribution in [0.15, 0.2) is 48.5 Å². The number of nitrogens with zero attached hydrogens (tertiary/aromatic N) is 2. The maximum absolute atomic E-state index is 13.3. The van der Waals surface area contributed by atoms with Gasteiger partial charge in [-0.1, -0.05) is 12.1 Å². The lowest BCUT2D eigenvalue weighted by atomic mass is 10.1. The predicted molar refractivity (Wildman–Crippen MR) is 92.7 cm³/mol. The molecule has 0 saturated carbocycles. The Morgan fingerprint density at radius 1 is 1.19 bits per heavy atom. The van der Waals surface area contributed by atoms with Crippen LogP contribution in [0.2, 0.25) is 0 Å². The maximum Gasteiger partial charge on any atom is 0.449 e. The third-order valence-electron chi connectivity index (χ3n) is 4.00. The monoisotopic (exact) mass is 378 g/mol. The summed E-state index contributed by atoms with van der Waals surface area (Å²) in [5.41, 5.74) is 1.01. The summed E-state index contributed by atoms with van der Waals surface area (Å²) >= 11 is 0. The summed E-state index contributed by atoms with van der Waals surface area (Å²) in [6, 6.07) is 12.5. The van der Waals surface area contributed by atoms with Gasteiger partial charge in [-0.15, -0.1) is 0 Å². The zero-order valence-corrected chi connectivity index (χ0v) is 14.4. The zero-order valence-electron chi connectivity index (χ0n) is 14.4. The molecule has 0 aliphatic heterocycles. The van der Waals surface area contributed by atoms with Gasteiger partial charge in [-0.2, -0.15) is 13.2 Å². The first-order valence-corrected chi connectivity index (χ1v) is 8.20. The summed E-state index contributed by atoms with van der Waals surface area (Å²) in [4.78, 5) is 14.9. The van der Waals surface area contributed by atoms with Gasteiger partial charge in [0, 0.05) is 5.56 Å². The molecule has 5 nitrogen and oxygen atoms in total. The molecule has 0 unspecified atom stereocenters. The van der Waals surface area contributed by atoms with E-state index < -0.39 is 18.1 Å². The molecule has 27 heavy (non-hydrogen) atoms. The molecular weight excluding hydrogens is 361 g/mol. The van der Waals surface area contributed by atoms with Gasteiger partial charge in [-0.3, -0.25) is 4.79 Å². The first kappa shape index (κ1) is 18.9. The van der Waals surface area contributed by atoms with Crippen LogP contribution in [0.5, 0.6) is 5.75 Å². The number of benzene rings is 2. The van der Waals surface area contributed by atoms with Crippen molar-refractivity contribution in [3.8, 4) is 5.75 Å². The number of ketones is 1. The van der Waals surface area contributed by atoms with Crippen LogP contribution in [0.25, 0.3) is 11.0 Å². The van der Waals surface area contributed by atoms with Gasteiger partial charge in [0.15, 0.2) is 5.78 Å². The van der Waals surface area contributed by atoms with Crippen molar-refractivity contribution < 1.29 is 27.8 Å². The number of aliphatic hydroxyl groups excluding tert-OH is 1. The largest absolute Gasteiger partial charge is 0.491 e. The lowest BCUT2D eigenvalue weighted by Gasteiger charge is -2.16. The van der Waals surface area contributed by atoms with Gasteiger partial charge in [0.1, 0.15) is 18.5 Å². The molecule has 0 bridgehead atoms. The maximum atomic E-state index is 13.3. The van der Waals surface area contributed by atoms with Crippen molar-refractivity contribution in [2.75, 3.05) is 6.61 Å². The van der Waals surface area contributed by atoms with Gasteiger partial charge in [-0.25, -0.2) is 4.98 Å². The van der Waals surface area contributed by atoms with Crippen molar-refractivity contribution in [2.45, 2.75) is 25.7 Å². The van der Waals surface area contributed by atoms with Gasteiger partial charge < -0.3 is 14.4 Å². The molecule has 3 aromatic rings. The second kappa shape index (κ2) is 7.40. The number of alkyl halides is 3. The van der Waals surface area contributed by atoms with E-state index in [9.17, 15) is 23.1 Å². The van der Waals surface area contributed by atoms with Crippen molar-refractivity contribution in [1.82, 2.24) is 9.55 Å². The number of imidazole rings is 1. The van der Waals surface area contributed by atoms with Crippen LogP contribution in [0.4, 0.5) is 13.2 Å². The fourth-order valence-electron chi connectivity index (χ4n) is 2.72. The molecule has 0 spiro atoms. The summed E-state index contributed by atoms with van der Waals surface area (Å²) < 4.78 is 46.2. The minimum absolute atomic E-state index is 0.0896. The number of Topliss-reactive ketones (excluding diaryl/α,β-unsaturated/α-hetero) is 1. The number of rotatable bonds is 6. The van der Waals surface area contributed by atoms with Crippen LogP contribution in [-0.4, -0.2) is 33.2 Å². The van der Waals surface area contributed by atoms with E-state index in [2.05, 4.69) is 4.98 Å².